The van der Waals surface area contributed by atoms with Crippen LogP contribution in [-0.2, 0) is 14.3 Å². The molecule has 0 aliphatic carbocycles. The van der Waals surface area contributed by atoms with E-state index in [9.17, 15) is 14.4 Å². The molecule has 2 unspecified atom stereocenters. The fourth-order valence-corrected chi connectivity index (χ4v) is 2.23. The summed E-state index contributed by atoms with van der Waals surface area (Å²) in [6, 6.07) is 0. The quantitative estimate of drug-likeness (QED) is 0.318. The van der Waals surface area contributed by atoms with Gasteiger partial charge in [-0.1, -0.05) is 33.6 Å². The first-order valence-electron chi connectivity index (χ1n) is 9.91. The van der Waals surface area contributed by atoms with Crippen LogP contribution in [0, 0.1) is 11.8 Å². The number of hydrogen-bond acceptors (Lipinski definition) is 6. The van der Waals surface area contributed by atoms with Crippen molar-refractivity contribution in [3.8, 4) is 0 Å². The number of carbonyl (C=O) groups is 3. The second-order valence-electron chi connectivity index (χ2n) is 7.66. The predicted molar refractivity (Wildman–Crippen MR) is 107 cm³/mol. The monoisotopic (exact) mass is 402 g/mol. The summed E-state index contributed by atoms with van der Waals surface area (Å²) in [5.41, 5.74) is 0. The Balaban J connectivity index is 4.09. The van der Waals surface area contributed by atoms with Gasteiger partial charge in [0.2, 0.25) is 5.91 Å². The molecule has 28 heavy (non-hydrogen) atoms. The summed E-state index contributed by atoms with van der Waals surface area (Å²) in [6.07, 6.45) is 1.53. The van der Waals surface area contributed by atoms with Crippen LogP contribution in [0.15, 0.2) is 0 Å². The third-order valence-electron chi connectivity index (χ3n) is 4.26. The molecule has 0 aromatic rings. The number of amides is 3. The predicted octanol–water partition coefficient (Wildman–Crippen LogP) is 1.46. The van der Waals surface area contributed by atoms with E-state index in [1.165, 1.54) is 25.9 Å². The lowest BCUT2D eigenvalue weighted by atomic mass is 10.1. The van der Waals surface area contributed by atoms with E-state index in [2.05, 4.69) is 24.5 Å². The van der Waals surface area contributed by atoms with E-state index in [1.807, 2.05) is 0 Å². The molecule has 9 nitrogen and oxygen atoms in total. The SMILES string of the molecule is CC(C)CCCCNC(=O)C(C)CNC(=O)C(C)OC(=O)N(C)CCN(C)O. The van der Waals surface area contributed by atoms with E-state index < -0.39 is 18.1 Å². The molecule has 0 bridgehead atoms. The topological polar surface area (TPSA) is 111 Å². The Bertz CT molecular complexity index is 485. The van der Waals surface area contributed by atoms with Crippen molar-refractivity contribution in [3.05, 3.63) is 0 Å². The molecule has 0 aromatic heterocycles. The second-order valence-corrected chi connectivity index (χ2v) is 7.66. The zero-order valence-corrected chi connectivity index (χ0v) is 18.2. The lowest BCUT2D eigenvalue weighted by Crippen LogP contribution is -2.43. The molecule has 0 fully saturated rings. The third-order valence-corrected chi connectivity index (χ3v) is 4.26. The van der Waals surface area contributed by atoms with Crippen LogP contribution in [0.1, 0.15) is 47.0 Å². The van der Waals surface area contributed by atoms with Crippen molar-refractivity contribution in [3.63, 3.8) is 0 Å². The fourth-order valence-electron chi connectivity index (χ4n) is 2.23. The number of hydroxylamine groups is 2. The molecule has 0 aliphatic heterocycles. The minimum atomic E-state index is -0.979. The summed E-state index contributed by atoms with van der Waals surface area (Å²) >= 11 is 0. The Morgan fingerprint density at radius 1 is 0.964 bits per heavy atom. The van der Waals surface area contributed by atoms with Crippen LogP contribution in [0.3, 0.4) is 0 Å². The van der Waals surface area contributed by atoms with Crippen LogP contribution in [0.2, 0.25) is 0 Å². The molecule has 9 heteroatoms. The largest absolute Gasteiger partial charge is 0.436 e. The highest BCUT2D eigenvalue weighted by Crippen LogP contribution is 2.05. The number of likely N-dealkylation sites (N-methyl/N-ethyl adjacent to an activating group) is 2. The summed E-state index contributed by atoms with van der Waals surface area (Å²) in [5, 5.41) is 15.5. The summed E-state index contributed by atoms with van der Waals surface area (Å²) in [6.45, 7) is 8.88. The smallest absolute Gasteiger partial charge is 0.410 e. The summed E-state index contributed by atoms with van der Waals surface area (Å²) in [4.78, 5) is 37.3. The van der Waals surface area contributed by atoms with E-state index in [-0.39, 0.29) is 31.5 Å². The highest BCUT2D eigenvalue weighted by Gasteiger charge is 2.21. The van der Waals surface area contributed by atoms with Crippen molar-refractivity contribution in [2.45, 2.75) is 53.1 Å². The molecular weight excluding hydrogens is 364 g/mol. The van der Waals surface area contributed by atoms with Crippen LogP contribution in [-0.4, -0.2) is 79.5 Å². The molecule has 0 spiro atoms. The van der Waals surface area contributed by atoms with Crippen LogP contribution in [0.4, 0.5) is 4.79 Å². The van der Waals surface area contributed by atoms with Gasteiger partial charge in [-0.3, -0.25) is 9.59 Å². The molecule has 0 heterocycles. The number of nitrogens with one attached hydrogen (secondary N) is 2. The molecule has 3 amide bonds. The molecule has 0 saturated heterocycles. The van der Waals surface area contributed by atoms with Gasteiger partial charge in [-0.25, -0.2) is 4.79 Å². The average molecular weight is 403 g/mol. The number of ether oxygens (including phenoxy) is 1. The molecule has 2 atom stereocenters. The van der Waals surface area contributed by atoms with Crippen molar-refractivity contribution in [1.82, 2.24) is 20.6 Å². The van der Waals surface area contributed by atoms with Gasteiger partial charge in [0, 0.05) is 40.3 Å². The van der Waals surface area contributed by atoms with Crippen molar-refractivity contribution in [2.75, 3.05) is 40.3 Å². The maximum atomic E-state index is 12.1. The van der Waals surface area contributed by atoms with Crippen LogP contribution >= 0.6 is 0 Å². The highest BCUT2D eigenvalue weighted by atomic mass is 16.6. The number of carbonyl (C=O) groups excluding carboxylic acids is 3. The maximum Gasteiger partial charge on any atom is 0.410 e. The molecule has 0 rings (SSSR count). The Morgan fingerprint density at radius 3 is 2.18 bits per heavy atom. The van der Waals surface area contributed by atoms with Gasteiger partial charge in [-0.05, 0) is 19.3 Å². The average Bonchev–Trinajstić information content (AvgIpc) is 2.62. The minimum absolute atomic E-state index is 0.109. The van der Waals surface area contributed by atoms with Crippen molar-refractivity contribution < 1.29 is 24.3 Å². The summed E-state index contributed by atoms with van der Waals surface area (Å²) in [7, 11) is 2.99. The van der Waals surface area contributed by atoms with Gasteiger partial charge in [-0.2, -0.15) is 5.06 Å². The van der Waals surface area contributed by atoms with Gasteiger partial charge in [0.15, 0.2) is 6.10 Å². The normalized spacial score (nSPS) is 13.2. The fraction of sp³-hybridized carbons (Fsp3) is 0.842. The van der Waals surface area contributed by atoms with Crippen LogP contribution < -0.4 is 10.6 Å². The Kier molecular flexibility index (Phi) is 13.2. The van der Waals surface area contributed by atoms with Gasteiger partial charge < -0.3 is 25.5 Å². The van der Waals surface area contributed by atoms with Crippen LogP contribution in [0.25, 0.3) is 0 Å². The molecule has 164 valence electrons. The minimum Gasteiger partial charge on any atom is -0.436 e. The number of rotatable bonds is 13. The van der Waals surface area contributed by atoms with E-state index in [0.29, 0.717) is 12.5 Å². The Labute approximate surface area is 168 Å². The molecular formula is C19H38N4O5. The first kappa shape index (κ1) is 26.1. The molecule has 0 aromatic carbocycles. The number of unbranched alkanes of at least 4 members (excludes halogenated alkanes) is 1. The van der Waals surface area contributed by atoms with Gasteiger partial charge in [-0.15, -0.1) is 0 Å². The summed E-state index contributed by atoms with van der Waals surface area (Å²) < 4.78 is 5.08. The Hall–Kier alpha value is -1.87. The molecule has 0 radical (unpaired) electrons. The standard InChI is InChI=1S/C19H38N4O5/c1-14(2)9-7-8-10-20-17(24)15(3)13-21-18(25)16(4)28-19(26)22(5)11-12-23(6)27/h14-16,27H,7-13H2,1-6H3,(H,20,24)(H,21,25). The zero-order chi connectivity index (χ0) is 21.7. The van der Waals surface area contributed by atoms with E-state index in [0.717, 1.165) is 24.3 Å². The Morgan fingerprint density at radius 2 is 1.61 bits per heavy atom. The molecule has 3 N–H and O–H groups in total. The van der Waals surface area contributed by atoms with Gasteiger partial charge in [0.1, 0.15) is 0 Å². The van der Waals surface area contributed by atoms with Crippen molar-refractivity contribution in [1.29, 1.82) is 0 Å². The second kappa shape index (κ2) is 14.2. The summed E-state index contributed by atoms with van der Waals surface area (Å²) in [5.74, 6) is -0.281. The maximum absolute atomic E-state index is 12.1. The van der Waals surface area contributed by atoms with E-state index in [1.54, 1.807) is 6.92 Å². The van der Waals surface area contributed by atoms with Gasteiger partial charge in [0.25, 0.3) is 5.91 Å². The lowest BCUT2D eigenvalue weighted by Gasteiger charge is -2.21. The molecule has 0 aliphatic rings. The van der Waals surface area contributed by atoms with Crippen LogP contribution in [0.5, 0.6) is 0 Å². The van der Waals surface area contributed by atoms with E-state index in [4.69, 9.17) is 9.94 Å². The first-order valence-corrected chi connectivity index (χ1v) is 9.91. The van der Waals surface area contributed by atoms with Crippen molar-refractivity contribution >= 4 is 17.9 Å². The van der Waals surface area contributed by atoms with Gasteiger partial charge in [0.05, 0.1) is 5.92 Å². The van der Waals surface area contributed by atoms with Crippen molar-refractivity contribution in [2.24, 2.45) is 11.8 Å². The third kappa shape index (κ3) is 12.5. The van der Waals surface area contributed by atoms with Gasteiger partial charge >= 0.3 is 6.09 Å². The highest BCUT2D eigenvalue weighted by molar-refractivity contribution is 5.84. The first-order chi connectivity index (χ1) is 13.0. The zero-order valence-electron chi connectivity index (χ0n) is 18.2. The number of nitrogens with zero attached hydrogens (tertiary/aromatic N) is 2. The van der Waals surface area contributed by atoms with E-state index >= 15 is 0 Å². The lowest BCUT2D eigenvalue weighted by molar-refractivity contribution is -0.130. The molecule has 0 saturated carbocycles. The number of hydrogen-bond donors (Lipinski definition) is 3.